The molecule has 0 radical (unpaired) electrons. The molecular formula is C19H32IN7O2. The van der Waals surface area contributed by atoms with Crippen LogP contribution in [0.5, 0.6) is 0 Å². The molecule has 2 aliphatic heterocycles. The number of guanidine groups is 1. The van der Waals surface area contributed by atoms with E-state index in [2.05, 4.69) is 39.8 Å². The van der Waals surface area contributed by atoms with Gasteiger partial charge in [0.05, 0.1) is 12.2 Å². The fraction of sp³-hybridized carbons (Fsp3) is 0.684. The minimum absolute atomic E-state index is 0. The average Bonchev–Trinajstić information content (AvgIpc) is 3.06. The fourth-order valence-corrected chi connectivity index (χ4v) is 4.14. The van der Waals surface area contributed by atoms with E-state index in [4.69, 9.17) is 4.99 Å². The van der Waals surface area contributed by atoms with Gasteiger partial charge in [0.2, 0.25) is 0 Å². The van der Waals surface area contributed by atoms with Gasteiger partial charge < -0.3 is 15.5 Å². The van der Waals surface area contributed by atoms with Crippen molar-refractivity contribution in [2.75, 3.05) is 19.6 Å². The van der Waals surface area contributed by atoms with Crippen molar-refractivity contribution in [3.63, 3.8) is 0 Å². The number of urea groups is 1. The van der Waals surface area contributed by atoms with Gasteiger partial charge in [-0.15, -0.1) is 24.0 Å². The summed E-state index contributed by atoms with van der Waals surface area (Å²) in [5.41, 5.74) is 2.48. The first-order chi connectivity index (χ1) is 13.3. The third kappa shape index (κ3) is 4.67. The first-order valence-electron chi connectivity index (χ1n) is 9.92. The lowest BCUT2D eigenvalue weighted by Crippen LogP contribution is -2.55. The average molecular weight is 517 g/mol. The second-order valence-corrected chi connectivity index (χ2v) is 7.82. The molecule has 1 aromatic heterocycles. The quantitative estimate of drug-likeness (QED) is 0.243. The molecule has 0 spiro atoms. The number of rotatable bonds is 4. The number of hydrogen-bond acceptors (Lipinski definition) is 4. The van der Waals surface area contributed by atoms with Gasteiger partial charge in [0.1, 0.15) is 5.54 Å². The van der Waals surface area contributed by atoms with Crippen molar-refractivity contribution in [2.24, 2.45) is 18.0 Å². The molecule has 1 aromatic rings. The van der Waals surface area contributed by atoms with E-state index in [0.29, 0.717) is 6.54 Å². The Kier molecular flexibility index (Phi) is 7.52. The van der Waals surface area contributed by atoms with E-state index in [-0.39, 0.29) is 35.8 Å². The van der Waals surface area contributed by atoms with Crippen LogP contribution >= 0.6 is 24.0 Å². The summed E-state index contributed by atoms with van der Waals surface area (Å²) in [6.07, 6.45) is 1.64. The summed E-state index contributed by atoms with van der Waals surface area (Å²) in [6.45, 7) is 10.9. The highest BCUT2D eigenvalue weighted by Gasteiger charge is 2.48. The van der Waals surface area contributed by atoms with E-state index in [0.717, 1.165) is 55.4 Å². The Labute approximate surface area is 189 Å². The van der Waals surface area contributed by atoms with Crippen LogP contribution in [0.15, 0.2) is 4.99 Å². The molecule has 2 aliphatic rings. The molecule has 0 aliphatic carbocycles. The zero-order chi connectivity index (χ0) is 20.5. The van der Waals surface area contributed by atoms with Crippen LogP contribution in [-0.4, -0.2) is 57.8 Å². The minimum atomic E-state index is -0.817. The van der Waals surface area contributed by atoms with E-state index in [1.54, 1.807) is 0 Å². The van der Waals surface area contributed by atoms with Crippen molar-refractivity contribution in [3.05, 3.63) is 17.0 Å². The van der Waals surface area contributed by atoms with E-state index >= 15 is 0 Å². The molecule has 0 saturated carbocycles. The molecule has 1 unspecified atom stereocenters. The number of nitrogens with one attached hydrogen (secondary N) is 3. The summed E-state index contributed by atoms with van der Waals surface area (Å²) in [6, 6.07) is -0.396. The van der Waals surface area contributed by atoms with Gasteiger partial charge in [-0.05, 0) is 46.5 Å². The van der Waals surface area contributed by atoms with Gasteiger partial charge in [-0.2, -0.15) is 5.10 Å². The Morgan fingerprint density at radius 1 is 1.31 bits per heavy atom. The number of aliphatic imine (C=N–C) groups is 1. The number of nitrogens with zero attached hydrogens (tertiary/aromatic N) is 4. The summed E-state index contributed by atoms with van der Waals surface area (Å²) < 4.78 is 1.89. The second kappa shape index (κ2) is 9.31. The third-order valence-electron chi connectivity index (χ3n) is 6.06. The number of aryl methyl sites for hydroxylation is 2. The molecule has 9 nitrogen and oxygen atoms in total. The number of halogens is 1. The Hall–Kier alpha value is -1.85. The van der Waals surface area contributed by atoms with E-state index < -0.39 is 11.6 Å². The molecule has 0 aromatic carbocycles. The number of aromatic nitrogens is 2. The molecule has 2 saturated heterocycles. The van der Waals surface area contributed by atoms with Gasteiger partial charge in [-0.3, -0.25) is 14.8 Å². The summed E-state index contributed by atoms with van der Waals surface area (Å²) in [4.78, 5) is 30.8. The second-order valence-electron chi connectivity index (χ2n) is 7.82. The zero-order valence-corrected chi connectivity index (χ0v) is 20.2. The molecule has 1 atom stereocenters. The van der Waals surface area contributed by atoms with Crippen molar-refractivity contribution in [3.8, 4) is 0 Å². The number of hydrogen-bond donors (Lipinski definition) is 3. The number of carbonyl (C=O) groups excluding carboxylic acids is 2. The molecule has 2 fully saturated rings. The number of imide groups is 1. The number of piperidine rings is 1. The maximum absolute atomic E-state index is 12.2. The normalized spacial score (nSPS) is 22.9. The molecule has 3 rings (SSSR count). The van der Waals surface area contributed by atoms with E-state index in [1.807, 2.05) is 25.6 Å². The topological polar surface area (TPSA) is 104 Å². The van der Waals surface area contributed by atoms with Crippen LogP contribution in [0.3, 0.4) is 0 Å². The molecular weight excluding hydrogens is 485 g/mol. The van der Waals surface area contributed by atoms with Crippen LogP contribution in [0.1, 0.15) is 43.6 Å². The highest BCUT2D eigenvalue weighted by atomic mass is 127. The predicted octanol–water partition coefficient (Wildman–Crippen LogP) is 1.43. The minimum Gasteiger partial charge on any atom is -0.357 e. The lowest BCUT2D eigenvalue weighted by Gasteiger charge is -2.39. The van der Waals surface area contributed by atoms with Crippen LogP contribution in [0.25, 0.3) is 0 Å². The molecule has 10 heteroatoms. The van der Waals surface area contributed by atoms with E-state index in [1.165, 1.54) is 0 Å². The lowest BCUT2D eigenvalue weighted by molar-refractivity contribution is -0.125. The maximum Gasteiger partial charge on any atom is 0.322 e. The monoisotopic (exact) mass is 517 g/mol. The first kappa shape index (κ1) is 23.4. The van der Waals surface area contributed by atoms with Crippen molar-refractivity contribution >= 4 is 41.9 Å². The largest absolute Gasteiger partial charge is 0.357 e. The smallest absolute Gasteiger partial charge is 0.322 e. The van der Waals surface area contributed by atoms with Gasteiger partial charge in [0.25, 0.3) is 5.91 Å². The van der Waals surface area contributed by atoms with Crippen LogP contribution in [-0.2, 0) is 18.4 Å². The molecule has 3 amide bonds. The van der Waals surface area contributed by atoms with Gasteiger partial charge in [0, 0.05) is 37.9 Å². The van der Waals surface area contributed by atoms with Crippen LogP contribution in [0.4, 0.5) is 4.79 Å². The molecule has 0 bridgehead atoms. The Balaban J connectivity index is 0.00000300. The highest BCUT2D eigenvalue weighted by Crippen LogP contribution is 2.30. The third-order valence-corrected chi connectivity index (χ3v) is 6.06. The summed E-state index contributed by atoms with van der Waals surface area (Å²) in [7, 11) is 1.95. The van der Waals surface area contributed by atoms with Gasteiger partial charge in [0.15, 0.2) is 5.96 Å². The van der Waals surface area contributed by atoms with Gasteiger partial charge in [-0.25, -0.2) is 9.79 Å². The van der Waals surface area contributed by atoms with Crippen LogP contribution in [0.2, 0.25) is 0 Å². The number of carbonyl (C=O) groups is 2. The standard InChI is InChI=1S/C19H31N7O2.HI/c1-6-20-17(21-11-15-12(2)24-25(5)13(15)3)26-9-7-14(8-10-26)19(4)16(27)22-18(28)23-19;/h14H,6-11H2,1-5H3,(H,20,21)(H2,22,23,27,28);1H. The van der Waals surface area contributed by atoms with Crippen LogP contribution < -0.4 is 16.0 Å². The molecule has 29 heavy (non-hydrogen) atoms. The maximum atomic E-state index is 12.2. The number of likely N-dealkylation sites (tertiary alicyclic amines) is 1. The lowest BCUT2D eigenvalue weighted by atomic mass is 9.79. The predicted molar refractivity (Wildman–Crippen MR) is 122 cm³/mol. The fourth-order valence-electron chi connectivity index (χ4n) is 4.14. The first-order valence-corrected chi connectivity index (χ1v) is 9.92. The molecule has 3 heterocycles. The van der Waals surface area contributed by atoms with Crippen molar-refractivity contribution in [1.82, 2.24) is 30.6 Å². The number of amides is 3. The van der Waals surface area contributed by atoms with Gasteiger partial charge in [-0.1, -0.05) is 0 Å². The molecule has 162 valence electrons. The Bertz CT molecular complexity index is 799. The summed E-state index contributed by atoms with van der Waals surface area (Å²) in [5.74, 6) is 0.772. The zero-order valence-electron chi connectivity index (χ0n) is 17.8. The van der Waals surface area contributed by atoms with Crippen LogP contribution in [0, 0.1) is 19.8 Å². The van der Waals surface area contributed by atoms with E-state index in [9.17, 15) is 9.59 Å². The Morgan fingerprint density at radius 3 is 2.45 bits per heavy atom. The van der Waals surface area contributed by atoms with Gasteiger partial charge >= 0.3 is 6.03 Å². The summed E-state index contributed by atoms with van der Waals surface area (Å²) in [5, 5.41) is 13.0. The molecule has 3 N–H and O–H groups in total. The van der Waals surface area contributed by atoms with Crippen molar-refractivity contribution in [2.45, 2.75) is 52.6 Å². The SMILES string of the molecule is CCNC(=NCc1c(C)nn(C)c1C)N1CCC(C2(C)NC(=O)NC2=O)CC1.I. The Morgan fingerprint density at radius 2 is 1.97 bits per heavy atom. The summed E-state index contributed by atoms with van der Waals surface area (Å²) >= 11 is 0. The van der Waals surface area contributed by atoms with Crippen molar-refractivity contribution < 1.29 is 9.59 Å². The van der Waals surface area contributed by atoms with Crippen molar-refractivity contribution in [1.29, 1.82) is 0 Å². The highest BCUT2D eigenvalue weighted by molar-refractivity contribution is 14.0.